The van der Waals surface area contributed by atoms with Crippen LogP contribution < -0.4 is 5.32 Å². The molecule has 0 atom stereocenters. The highest BCUT2D eigenvalue weighted by atomic mass is 32.1. The third-order valence-corrected chi connectivity index (χ3v) is 4.56. The van der Waals surface area contributed by atoms with Crippen LogP contribution in [0.5, 0.6) is 11.5 Å². The van der Waals surface area contributed by atoms with Crippen molar-refractivity contribution >= 4 is 17.2 Å². The second-order valence-corrected chi connectivity index (χ2v) is 6.12. The van der Waals surface area contributed by atoms with E-state index in [1.165, 1.54) is 23.5 Å². The summed E-state index contributed by atoms with van der Waals surface area (Å²) in [4.78, 5) is 16.2. The summed E-state index contributed by atoms with van der Waals surface area (Å²) in [5.74, 6) is -0.0268. The van der Waals surface area contributed by atoms with Gasteiger partial charge < -0.3 is 15.5 Å². The zero-order valence-electron chi connectivity index (χ0n) is 11.4. The maximum atomic E-state index is 11.8. The van der Waals surface area contributed by atoms with Gasteiger partial charge in [0.25, 0.3) is 0 Å². The van der Waals surface area contributed by atoms with Crippen LogP contribution >= 0.6 is 11.3 Å². The first kappa shape index (κ1) is 13.9. The van der Waals surface area contributed by atoms with Crippen LogP contribution in [0.3, 0.4) is 0 Å². The Labute approximate surface area is 126 Å². The Morgan fingerprint density at radius 2 is 2.14 bits per heavy atom. The zero-order valence-corrected chi connectivity index (χ0v) is 12.2. The monoisotopic (exact) mass is 304 g/mol. The van der Waals surface area contributed by atoms with E-state index in [9.17, 15) is 15.0 Å². The number of thiazole rings is 1. The SMILES string of the molecule is O=C(NCc1nc(-c2ccc(O)c(O)c2)cs1)C1CCC1. The van der Waals surface area contributed by atoms with Gasteiger partial charge in [-0.25, -0.2) is 4.98 Å². The van der Waals surface area contributed by atoms with Gasteiger partial charge in [0.05, 0.1) is 12.2 Å². The van der Waals surface area contributed by atoms with Gasteiger partial charge >= 0.3 is 0 Å². The first-order valence-corrected chi connectivity index (χ1v) is 7.76. The molecule has 0 spiro atoms. The van der Waals surface area contributed by atoms with Crippen LogP contribution in [-0.4, -0.2) is 21.1 Å². The Bertz CT molecular complexity index is 665. The van der Waals surface area contributed by atoms with Crippen molar-refractivity contribution < 1.29 is 15.0 Å². The fourth-order valence-corrected chi connectivity index (χ4v) is 2.93. The molecular weight excluding hydrogens is 288 g/mol. The molecule has 1 aliphatic rings. The van der Waals surface area contributed by atoms with Crippen LogP contribution in [0.1, 0.15) is 24.3 Å². The molecule has 110 valence electrons. The molecule has 1 aromatic heterocycles. The van der Waals surface area contributed by atoms with Crippen LogP contribution in [0.4, 0.5) is 0 Å². The highest BCUT2D eigenvalue weighted by molar-refractivity contribution is 7.09. The third-order valence-electron chi connectivity index (χ3n) is 3.71. The van der Waals surface area contributed by atoms with Crippen molar-refractivity contribution in [3.63, 3.8) is 0 Å². The minimum atomic E-state index is -0.166. The molecule has 3 rings (SSSR count). The standard InChI is InChI=1S/C15H16N2O3S/c18-12-5-4-10(6-13(12)19)11-8-21-14(17-11)7-16-15(20)9-2-1-3-9/h4-6,8-9,18-19H,1-3,7H2,(H,16,20). The summed E-state index contributed by atoms with van der Waals surface area (Å²) in [7, 11) is 0. The fraction of sp³-hybridized carbons (Fsp3) is 0.333. The molecule has 0 radical (unpaired) electrons. The van der Waals surface area contributed by atoms with Crippen molar-refractivity contribution in [1.29, 1.82) is 0 Å². The molecule has 1 heterocycles. The van der Waals surface area contributed by atoms with Crippen molar-refractivity contribution in [3.05, 3.63) is 28.6 Å². The maximum Gasteiger partial charge on any atom is 0.223 e. The van der Waals surface area contributed by atoms with Gasteiger partial charge in [-0.1, -0.05) is 6.42 Å². The van der Waals surface area contributed by atoms with Crippen molar-refractivity contribution in [2.24, 2.45) is 5.92 Å². The number of phenolic OH excluding ortho intramolecular Hbond substituents is 2. The molecule has 5 nitrogen and oxygen atoms in total. The second kappa shape index (κ2) is 5.73. The quantitative estimate of drug-likeness (QED) is 0.758. The van der Waals surface area contributed by atoms with Gasteiger partial charge in [-0.3, -0.25) is 4.79 Å². The Balaban J connectivity index is 1.65. The molecule has 0 saturated heterocycles. The number of hydrogen-bond donors (Lipinski definition) is 3. The summed E-state index contributed by atoms with van der Waals surface area (Å²) >= 11 is 1.46. The van der Waals surface area contributed by atoms with E-state index in [4.69, 9.17) is 0 Å². The minimum absolute atomic E-state index is 0.111. The molecule has 0 bridgehead atoms. The fourth-order valence-electron chi connectivity index (χ4n) is 2.18. The van der Waals surface area contributed by atoms with Crippen LogP contribution in [0, 0.1) is 5.92 Å². The predicted molar refractivity (Wildman–Crippen MR) is 80.1 cm³/mol. The van der Waals surface area contributed by atoms with Gasteiger partial charge in [0.2, 0.25) is 5.91 Å². The lowest BCUT2D eigenvalue weighted by atomic mass is 9.85. The molecule has 3 N–H and O–H groups in total. The molecule has 1 saturated carbocycles. The van der Waals surface area contributed by atoms with E-state index < -0.39 is 0 Å². The van der Waals surface area contributed by atoms with Gasteiger partial charge in [0.1, 0.15) is 5.01 Å². The maximum absolute atomic E-state index is 11.8. The number of aromatic hydroxyl groups is 2. The van der Waals surface area contributed by atoms with Gasteiger partial charge in [-0.05, 0) is 31.0 Å². The average Bonchev–Trinajstić information content (AvgIpc) is 2.86. The third kappa shape index (κ3) is 3.00. The van der Waals surface area contributed by atoms with Crippen LogP contribution in [0.25, 0.3) is 11.3 Å². The lowest BCUT2D eigenvalue weighted by molar-refractivity contribution is -0.127. The summed E-state index contributed by atoms with van der Waals surface area (Å²) in [5, 5.41) is 24.4. The smallest absolute Gasteiger partial charge is 0.223 e. The number of carbonyl (C=O) groups is 1. The van der Waals surface area contributed by atoms with Crippen LogP contribution in [-0.2, 0) is 11.3 Å². The minimum Gasteiger partial charge on any atom is -0.504 e. The molecule has 1 aliphatic carbocycles. The first-order chi connectivity index (χ1) is 10.1. The Hall–Kier alpha value is -2.08. The largest absolute Gasteiger partial charge is 0.504 e. The average molecular weight is 304 g/mol. The van der Waals surface area contributed by atoms with E-state index in [2.05, 4.69) is 10.3 Å². The van der Waals surface area contributed by atoms with Gasteiger partial charge in [0.15, 0.2) is 11.5 Å². The lowest BCUT2D eigenvalue weighted by Crippen LogP contribution is -2.33. The highest BCUT2D eigenvalue weighted by Gasteiger charge is 2.24. The number of nitrogens with one attached hydrogen (secondary N) is 1. The molecule has 1 amide bonds. The van der Waals surface area contributed by atoms with E-state index in [1.807, 2.05) is 5.38 Å². The van der Waals surface area contributed by atoms with Crippen molar-refractivity contribution in [2.75, 3.05) is 0 Å². The van der Waals surface area contributed by atoms with Crippen molar-refractivity contribution in [3.8, 4) is 22.8 Å². The van der Waals surface area contributed by atoms with Crippen molar-refractivity contribution in [2.45, 2.75) is 25.8 Å². The number of amides is 1. The normalized spacial score (nSPS) is 14.7. The van der Waals surface area contributed by atoms with Gasteiger partial charge in [0, 0.05) is 16.9 Å². The van der Waals surface area contributed by atoms with Crippen molar-refractivity contribution in [1.82, 2.24) is 10.3 Å². The first-order valence-electron chi connectivity index (χ1n) is 6.88. The number of aromatic nitrogens is 1. The van der Waals surface area contributed by atoms with Crippen LogP contribution in [0.2, 0.25) is 0 Å². The summed E-state index contributed by atoms with van der Waals surface area (Å²) in [6.07, 6.45) is 3.12. The molecular formula is C15H16N2O3S. The summed E-state index contributed by atoms with van der Waals surface area (Å²) < 4.78 is 0. The number of nitrogens with zero attached hydrogens (tertiary/aromatic N) is 1. The Morgan fingerprint density at radius 3 is 2.81 bits per heavy atom. The number of carbonyl (C=O) groups excluding carboxylic acids is 1. The summed E-state index contributed by atoms with van der Waals surface area (Å²) in [6, 6.07) is 4.60. The summed E-state index contributed by atoms with van der Waals surface area (Å²) in [5.41, 5.74) is 1.46. The Kier molecular flexibility index (Phi) is 3.79. The Morgan fingerprint density at radius 1 is 1.33 bits per heavy atom. The molecule has 6 heteroatoms. The molecule has 21 heavy (non-hydrogen) atoms. The number of benzene rings is 1. The second-order valence-electron chi connectivity index (χ2n) is 5.18. The van der Waals surface area contributed by atoms with Gasteiger partial charge in [-0.2, -0.15) is 0 Å². The molecule has 1 fully saturated rings. The van der Waals surface area contributed by atoms with Gasteiger partial charge in [-0.15, -0.1) is 11.3 Å². The highest BCUT2D eigenvalue weighted by Crippen LogP contribution is 2.31. The number of hydrogen-bond acceptors (Lipinski definition) is 5. The van der Waals surface area contributed by atoms with E-state index in [1.54, 1.807) is 6.07 Å². The lowest BCUT2D eigenvalue weighted by Gasteiger charge is -2.23. The molecule has 1 aromatic carbocycles. The predicted octanol–water partition coefficient (Wildman–Crippen LogP) is 2.64. The summed E-state index contributed by atoms with van der Waals surface area (Å²) in [6.45, 7) is 0.435. The molecule has 0 unspecified atom stereocenters. The topological polar surface area (TPSA) is 82.5 Å². The molecule has 0 aliphatic heterocycles. The van der Waals surface area contributed by atoms with Crippen LogP contribution in [0.15, 0.2) is 23.6 Å². The number of phenols is 2. The number of rotatable bonds is 4. The van der Waals surface area contributed by atoms with E-state index in [0.29, 0.717) is 6.54 Å². The molecule has 2 aromatic rings. The van der Waals surface area contributed by atoms with E-state index in [0.717, 1.165) is 35.5 Å². The zero-order chi connectivity index (χ0) is 14.8. The van der Waals surface area contributed by atoms with E-state index >= 15 is 0 Å². The van der Waals surface area contributed by atoms with E-state index in [-0.39, 0.29) is 23.3 Å².